The summed E-state index contributed by atoms with van der Waals surface area (Å²) < 4.78 is 60.4. The molecule has 0 unspecified atom stereocenters. The first kappa shape index (κ1) is 25.7. The average molecular weight is 595 g/mol. The molecule has 2 aliphatic heterocycles. The number of anilines is 1. The van der Waals surface area contributed by atoms with Gasteiger partial charge in [0.25, 0.3) is 5.91 Å². The van der Waals surface area contributed by atoms with Crippen molar-refractivity contribution in [2.24, 2.45) is 4.99 Å². The van der Waals surface area contributed by atoms with E-state index in [-0.39, 0.29) is 18.4 Å². The van der Waals surface area contributed by atoms with E-state index in [9.17, 15) is 22.4 Å². The van der Waals surface area contributed by atoms with Gasteiger partial charge in [-0.3, -0.25) is 9.79 Å². The standard InChI is InChI=1S/C27H27BrF4N4O2/c28-18-4-3-17(14-38-15-25(29)7-8-25)20(13-18)36-11-9-26(10-12-36)24(37)34-23(35-26)19-5-6-21(27(30,31)32)33-22(19)16-1-2-16/h3-6,13,16H,1-2,7-12,14-15H2,(H,34,35,37). The molecule has 2 aliphatic carbocycles. The number of pyridine rings is 1. The molecule has 1 aromatic heterocycles. The van der Waals surface area contributed by atoms with E-state index in [2.05, 4.69) is 31.1 Å². The third-order valence-corrected chi connectivity index (χ3v) is 8.30. The lowest BCUT2D eigenvalue weighted by atomic mass is 9.87. The van der Waals surface area contributed by atoms with Crippen LogP contribution in [0.1, 0.15) is 67.0 Å². The second-order valence-electron chi connectivity index (χ2n) is 10.8. The first-order chi connectivity index (χ1) is 18.1. The van der Waals surface area contributed by atoms with E-state index in [0.29, 0.717) is 62.5 Å². The molecule has 1 saturated heterocycles. The van der Waals surface area contributed by atoms with Crippen LogP contribution in [0.3, 0.4) is 0 Å². The number of carbonyl (C=O) groups excluding carboxylic acids is 1. The Hall–Kier alpha value is -2.53. The second-order valence-corrected chi connectivity index (χ2v) is 11.7. The molecule has 0 bridgehead atoms. The topological polar surface area (TPSA) is 66.8 Å². The summed E-state index contributed by atoms with van der Waals surface area (Å²) in [6, 6.07) is 8.21. The summed E-state index contributed by atoms with van der Waals surface area (Å²) in [5.41, 5.74) is -0.342. The molecule has 202 valence electrons. The highest BCUT2D eigenvalue weighted by molar-refractivity contribution is 9.10. The molecule has 2 aromatic rings. The number of nitrogens with one attached hydrogen (secondary N) is 1. The third-order valence-electron chi connectivity index (χ3n) is 7.80. The van der Waals surface area contributed by atoms with E-state index in [1.165, 1.54) is 6.07 Å². The van der Waals surface area contributed by atoms with Gasteiger partial charge in [-0.25, -0.2) is 9.37 Å². The fraction of sp³-hybridized carbons (Fsp3) is 0.519. The minimum Gasteiger partial charge on any atom is -0.373 e. The number of carbonyl (C=O) groups is 1. The van der Waals surface area contributed by atoms with Crippen LogP contribution in [0.2, 0.25) is 0 Å². The summed E-state index contributed by atoms with van der Waals surface area (Å²) >= 11 is 3.53. The zero-order valence-corrected chi connectivity index (χ0v) is 22.2. The molecule has 6 nitrogen and oxygen atoms in total. The van der Waals surface area contributed by atoms with Crippen molar-refractivity contribution in [1.82, 2.24) is 10.3 Å². The maximum Gasteiger partial charge on any atom is 0.433 e. The van der Waals surface area contributed by atoms with Crippen LogP contribution in [0.5, 0.6) is 0 Å². The summed E-state index contributed by atoms with van der Waals surface area (Å²) in [6.45, 7) is 1.50. The van der Waals surface area contributed by atoms with Crippen molar-refractivity contribution >= 4 is 33.4 Å². The van der Waals surface area contributed by atoms with Gasteiger partial charge in [0.2, 0.25) is 0 Å². The summed E-state index contributed by atoms with van der Waals surface area (Å²) in [5, 5.41) is 2.84. The molecule has 0 radical (unpaired) electrons. The van der Waals surface area contributed by atoms with Crippen LogP contribution in [-0.4, -0.2) is 47.6 Å². The highest BCUT2D eigenvalue weighted by atomic mass is 79.9. The number of aliphatic imine (C=N–C) groups is 1. The van der Waals surface area contributed by atoms with Crippen LogP contribution in [0.25, 0.3) is 0 Å². The number of halogens is 5. The Morgan fingerprint density at radius 1 is 1.11 bits per heavy atom. The summed E-state index contributed by atoms with van der Waals surface area (Å²) in [4.78, 5) is 24.0. The second kappa shape index (κ2) is 9.29. The van der Waals surface area contributed by atoms with Gasteiger partial charge >= 0.3 is 6.18 Å². The van der Waals surface area contributed by atoms with Crippen molar-refractivity contribution in [3.05, 3.63) is 57.3 Å². The first-order valence-electron chi connectivity index (χ1n) is 12.9. The molecular formula is C27H27BrF4N4O2. The van der Waals surface area contributed by atoms with Gasteiger partial charge in [-0.15, -0.1) is 0 Å². The van der Waals surface area contributed by atoms with Gasteiger partial charge in [-0.1, -0.05) is 22.0 Å². The van der Waals surface area contributed by atoms with E-state index >= 15 is 0 Å². The average Bonchev–Trinajstić information content (AvgIpc) is 3.81. The van der Waals surface area contributed by atoms with Gasteiger partial charge in [-0.2, -0.15) is 13.2 Å². The quantitative estimate of drug-likeness (QED) is 0.419. The Morgan fingerprint density at radius 3 is 2.50 bits per heavy atom. The maximum atomic E-state index is 14.0. The number of hydrogen-bond donors (Lipinski definition) is 1. The van der Waals surface area contributed by atoms with Crippen molar-refractivity contribution in [3.8, 4) is 0 Å². The number of alkyl halides is 4. The van der Waals surface area contributed by atoms with Gasteiger partial charge in [-0.05, 0) is 62.8 Å². The molecule has 38 heavy (non-hydrogen) atoms. The SMILES string of the molecule is O=C1NC(c2ccc(C(F)(F)F)nc2C2CC2)=NC12CCN(c1cc(Br)ccc1COCC1(F)CC1)CC2. The lowest BCUT2D eigenvalue weighted by molar-refractivity contribution is -0.141. The summed E-state index contributed by atoms with van der Waals surface area (Å²) in [5.74, 6) is 0.0299. The third kappa shape index (κ3) is 5.06. The minimum atomic E-state index is -4.53. The molecule has 3 heterocycles. The molecule has 3 fully saturated rings. The number of rotatable bonds is 7. The Bertz CT molecular complexity index is 1300. The number of piperidine rings is 1. The molecule has 1 spiro atoms. The zero-order valence-electron chi connectivity index (χ0n) is 20.6. The normalized spacial score (nSPS) is 22.0. The lowest BCUT2D eigenvalue weighted by Gasteiger charge is -2.37. The first-order valence-corrected chi connectivity index (χ1v) is 13.6. The van der Waals surface area contributed by atoms with Crippen molar-refractivity contribution < 1.29 is 27.1 Å². The number of ether oxygens (including phenoxy) is 1. The van der Waals surface area contributed by atoms with Gasteiger partial charge in [0.05, 0.1) is 18.9 Å². The maximum absolute atomic E-state index is 14.0. The Morgan fingerprint density at radius 2 is 1.84 bits per heavy atom. The van der Waals surface area contributed by atoms with E-state index in [1.54, 1.807) is 0 Å². The van der Waals surface area contributed by atoms with E-state index < -0.39 is 23.1 Å². The van der Waals surface area contributed by atoms with Crippen LogP contribution in [0, 0.1) is 0 Å². The van der Waals surface area contributed by atoms with Gasteiger partial charge in [0.1, 0.15) is 22.7 Å². The highest BCUT2D eigenvalue weighted by Crippen LogP contribution is 2.43. The highest BCUT2D eigenvalue weighted by Gasteiger charge is 2.47. The molecular weight excluding hydrogens is 568 g/mol. The number of benzene rings is 1. The predicted octanol–water partition coefficient (Wildman–Crippen LogP) is 5.67. The van der Waals surface area contributed by atoms with E-state index in [1.807, 2.05) is 18.2 Å². The Labute approximate surface area is 226 Å². The number of amides is 1. The molecule has 11 heteroatoms. The van der Waals surface area contributed by atoms with Crippen molar-refractivity contribution in [2.75, 3.05) is 24.6 Å². The van der Waals surface area contributed by atoms with Gasteiger partial charge < -0.3 is 15.0 Å². The molecule has 4 aliphatic rings. The fourth-order valence-corrected chi connectivity index (χ4v) is 5.53. The molecule has 1 aromatic carbocycles. The van der Waals surface area contributed by atoms with E-state index in [0.717, 1.165) is 34.6 Å². The minimum absolute atomic E-state index is 0.0466. The number of nitrogens with zero attached hydrogens (tertiary/aromatic N) is 3. The molecule has 2 saturated carbocycles. The summed E-state index contributed by atoms with van der Waals surface area (Å²) in [6.07, 6.45) is -0.988. The molecule has 1 amide bonds. The van der Waals surface area contributed by atoms with Crippen LogP contribution < -0.4 is 10.2 Å². The fourth-order valence-electron chi connectivity index (χ4n) is 5.18. The van der Waals surface area contributed by atoms with Crippen molar-refractivity contribution in [2.45, 2.75) is 68.4 Å². The zero-order chi connectivity index (χ0) is 26.7. The van der Waals surface area contributed by atoms with Gasteiger partial charge in [0, 0.05) is 40.3 Å². The van der Waals surface area contributed by atoms with Crippen LogP contribution in [0.15, 0.2) is 39.8 Å². The lowest BCUT2D eigenvalue weighted by Crippen LogP contribution is -2.49. The van der Waals surface area contributed by atoms with E-state index in [4.69, 9.17) is 9.73 Å². The summed E-state index contributed by atoms with van der Waals surface area (Å²) in [7, 11) is 0. The molecule has 6 rings (SSSR count). The Kier molecular flexibility index (Phi) is 6.29. The number of hydrogen-bond acceptors (Lipinski definition) is 5. The molecule has 1 N–H and O–H groups in total. The van der Waals surface area contributed by atoms with Crippen LogP contribution in [0.4, 0.5) is 23.2 Å². The smallest absolute Gasteiger partial charge is 0.373 e. The largest absolute Gasteiger partial charge is 0.433 e. The number of aromatic nitrogens is 1. The molecule has 0 atom stereocenters. The van der Waals surface area contributed by atoms with Crippen LogP contribution >= 0.6 is 15.9 Å². The van der Waals surface area contributed by atoms with Crippen molar-refractivity contribution in [3.63, 3.8) is 0 Å². The number of amidine groups is 1. The van der Waals surface area contributed by atoms with Crippen molar-refractivity contribution in [1.29, 1.82) is 0 Å². The predicted molar refractivity (Wildman–Crippen MR) is 137 cm³/mol. The Balaban J connectivity index is 1.20. The van der Waals surface area contributed by atoms with Gasteiger partial charge in [0.15, 0.2) is 0 Å². The van der Waals surface area contributed by atoms with Crippen LogP contribution in [-0.2, 0) is 22.3 Å². The monoisotopic (exact) mass is 594 g/mol.